The summed E-state index contributed by atoms with van der Waals surface area (Å²) in [5, 5.41) is 3.23. The number of amides is 1. The molecule has 0 aromatic heterocycles. The standard InChI is InChI=1S/C17H16ClF3N2O/c1-23(10-12-5-7-13(8-6-12)17(19,20)21)11-16(24)22-15-4-2-3-14(18)9-15/h2-9H,10-11H2,1H3,(H,22,24). The lowest BCUT2D eigenvalue weighted by Crippen LogP contribution is -2.29. The molecular weight excluding hydrogens is 341 g/mol. The third-order valence-electron chi connectivity index (χ3n) is 3.26. The van der Waals surface area contributed by atoms with E-state index in [0.717, 1.165) is 12.1 Å². The molecule has 0 atom stereocenters. The van der Waals surface area contributed by atoms with Crippen LogP contribution in [0.1, 0.15) is 11.1 Å². The molecular formula is C17H16ClF3N2O. The van der Waals surface area contributed by atoms with Crippen LogP contribution in [0.25, 0.3) is 0 Å². The lowest BCUT2D eigenvalue weighted by Gasteiger charge is -2.17. The Morgan fingerprint density at radius 2 is 1.83 bits per heavy atom. The first-order valence-electron chi connectivity index (χ1n) is 7.14. The van der Waals surface area contributed by atoms with Gasteiger partial charge in [-0.2, -0.15) is 13.2 Å². The maximum absolute atomic E-state index is 12.5. The van der Waals surface area contributed by atoms with Crippen LogP contribution < -0.4 is 5.32 Å². The first-order valence-corrected chi connectivity index (χ1v) is 7.52. The van der Waals surface area contributed by atoms with Crippen molar-refractivity contribution < 1.29 is 18.0 Å². The Balaban J connectivity index is 1.88. The molecule has 0 spiro atoms. The molecule has 0 unspecified atom stereocenters. The normalized spacial score (nSPS) is 11.6. The molecule has 0 saturated carbocycles. The molecule has 2 aromatic carbocycles. The minimum absolute atomic E-state index is 0.105. The summed E-state index contributed by atoms with van der Waals surface area (Å²) in [6.45, 7) is 0.467. The van der Waals surface area contributed by atoms with E-state index >= 15 is 0 Å². The summed E-state index contributed by atoms with van der Waals surface area (Å²) in [6.07, 6.45) is -4.35. The summed E-state index contributed by atoms with van der Waals surface area (Å²) in [4.78, 5) is 13.7. The number of anilines is 1. The summed E-state index contributed by atoms with van der Waals surface area (Å²) in [5.41, 5.74) is 0.601. The van der Waals surface area contributed by atoms with E-state index in [4.69, 9.17) is 11.6 Å². The monoisotopic (exact) mass is 356 g/mol. The molecule has 0 fully saturated rings. The van der Waals surface area contributed by atoms with Crippen molar-refractivity contribution in [2.24, 2.45) is 0 Å². The zero-order valence-electron chi connectivity index (χ0n) is 12.9. The van der Waals surface area contributed by atoms with E-state index in [1.807, 2.05) is 0 Å². The number of nitrogens with zero attached hydrogens (tertiary/aromatic N) is 1. The number of nitrogens with one attached hydrogen (secondary N) is 1. The third kappa shape index (κ3) is 5.54. The molecule has 1 amide bonds. The summed E-state index contributed by atoms with van der Waals surface area (Å²) < 4.78 is 37.6. The van der Waals surface area contributed by atoms with Crippen molar-refractivity contribution >= 4 is 23.2 Å². The Bertz CT molecular complexity index is 702. The predicted octanol–water partition coefficient (Wildman–Crippen LogP) is 4.43. The summed E-state index contributed by atoms with van der Waals surface area (Å²) in [7, 11) is 1.72. The fraction of sp³-hybridized carbons (Fsp3) is 0.235. The SMILES string of the molecule is CN(CC(=O)Nc1cccc(Cl)c1)Cc1ccc(C(F)(F)F)cc1. The summed E-state index contributed by atoms with van der Waals surface area (Å²) in [6, 6.07) is 11.7. The van der Waals surface area contributed by atoms with Crippen molar-refractivity contribution in [2.45, 2.75) is 12.7 Å². The molecule has 0 aliphatic rings. The van der Waals surface area contributed by atoms with Crippen molar-refractivity contribution in [3.05, 3.63) is 64.7 Å². The minimum Gasteiger partial charge on any atom is -0.325 e. The summed E-state index contributed by atoms with van der Waals surface area (Å²) >= 11 is 5.84. The van der Waals surface area contributed by atoms with Crippen molar-refractivity contribution in [1.82, 2.24) is 4.90 Å². The molecule has 2 aromatic rings. The Hall–Kier alpha value is -2.05. The number of rotatable bonds is 5. The quantitative estimate of drug-likeness (QED) is 0.859. The van der Waals surface area contributed by atoms with Gasteiger partial charge in [0.1, 0.15) is 0 Å². The van der Waals surface area contributed by atoms with Crippen molar-refractivity contribution in [3.8, 4) is 0 Å². The molecule has 7 heteroatoms. The Morgan fingerprint density at radius 1 is 1.17 bits per heavy atom. The van der Waals surface area contributed by atoms with Crippen LogP contribution >= 0.6 is 11.6 Å². The molecule has 3 nitrogen and oxygen atoms in total. The fourth-order valence-corrected chi connectivity index (χ4v) is 2.37. The van der Waals surface area contributed by atoms with Gasteiger partial charge >= 0.3 is 6.18 Å². The van der Waals surface area contributed by atoms with Crippen LogP contribution in [-0.2, 0) is 17.5 Å². The highest BCUT2D eigenvalue weighted by Crippen LogP contribution is 2.29. The van der Waals surface area contributed by atoms with Crippen LogP contribution in [0.3, 0.4) is 0 Å². The van der Waals surface area contributed by atoms with E-state index in [1.165, 1.54) is 12.1 Å². The van der Waals surface area contributed by atoms with Gasteiger partial charge in [0.2, 0.25) is 5.91 Å². The highest BCUT2D eigenvalue weighted by Gasteiger charge is 2.29. The Morgan fingerprint density at radius 3 is 2.42 bits per heavy atom. The van der Waals surface area contributed by atoms with Gasteiger partial charge in [0.15, 0.2) is 0 Å². The van der Waals surface area contributed by atoms with Crippen LogP contribution in [0, 0.1) is 0 Å². The highest BCUT2D eigenvalue weighted by atomic mass is 35.5. The molecule has 24 heavy (non-hydrogen) atoms. The van der Waals surface area contributed by atoms with Crippen LogP contribution in [-0.4, -0.2) is 24.4 Å². The van der Waals surface area contributed by atoms with Crippen molar-refractivity contribution in [1.29, 1.82) is 0 Å². The van der Waals surface area contributed by atoms with E-state index in [-0.39, 0.29) is 12.5 Å². The van der Waals surface area contributed by atoms with E-state index in [9.17, 15) is 18.0 Å². The average Bonchev–Trinajstić information content (AvgIpc) is 2.46. The van der Waals surface area contributed by atoms with Crippen LogP contribution in [0.4, 0.5) is 18.9 Å². The lowest BCUT2D eigenvalue weighted by molar-refractivity contribution is -0.137. The number of benzene rings is 2. The zero-order chi connectivity index (χ0) is 17.7. The number of hydrogen-bond acceptors (Lipinski definition) is 2. The molecule has 0 heterocycles. The third-order valence-corrected chi connectivity index (χ3v) is 3.49. The minimum atomic E-state index is -4.35. The number of halogens is 4. The van der Waals surface area contributed by atoms with Crippen LogP contribution in [0.2, 0.25) is 5.02 Å². The second-order valence-corrected chi connectivity index (χ2v) is 5.86. The lowest BCUT2D eigenvalue weighted by atomic mass is 10.1. The maximum Gasteiger partial charge on any atom is 0.416 e. The van der Waals surface area contributed by atoms with Gasteiger partial charge in [-0.15, -0.1) is 0 Å². The molecule has 0 aliphatic carbocycles. The van der Waals surface area contributed by atoms with Gasteiger partial charge in [-0.3, -0.25) is 9.69 Å². The van der Waals surface area contributed by atoms with E-state index < -0.39 is 11.7 Å². The van der Waals surface area contributed by atoms with Crippen molar-refractivity contribution in [2.75, 3.05) is 18.9 Å². The maximum atomic E-state index is 12.5. The molecule has 2 rings (SSSR count). The smallest absolute Gasteiger partial charge is 0.325 e. The largest absolute Gasteiger partial charge is 0.416 e. The van der Waals surface area contributed by atoms with Gasteiger partial charge in [-0.1, -0.05) is 29.8 Å². The fourth-order valence-electron chi connectivity index (χ4n) is 2.18. The van der Waals surface area contributed by atoms with Gasteiger partial charge in [0.05, 0.1) is 12.1 Å². The number of hydrogen-bond donors (Lipinski definition) is 1. The second kappa shape index (κ2) is 7.68. The van der Waals surface area contributed by atoms with Gasteiger partial charge in [-0.05, 0) is 42.9 Å². The number of likely N-dealkylation sites (N-methyl/N-ethyl adjacent to an activating group) is 1. The van der Waals surface area contributed by atoms with E-state index in [1.54, 1.807) is 36.2 Å². The van der Waals surface area contributed by atoms with Crippen LogP contribution in [0.5, 0.6) is 0 Å². The van der Waals surface area contributed by atoms with Crippen LogP contribution in [0.15, 0.2) is 48.5 Å². The highest BCUT2D eigenvalue weighted by molar-refractivity contribution is 6.30. The molecule has 0 bridgehead atoms. The Kier molecular flexibility index (Phi) is 5.85. The molecule has 0 aliphatic heterocycles. The first kappa shape index (κ1) is 18.3. The first-order chi connectivity index (χ1) is 11.2. The van der Waals surface area contributed by atoms with Gasteiger partial charge < -0.3 is 5.32 Å². The van der Waals surface area contributed by atoms with Gasteiger partial charge in [0.25, 0.3) is 0 Å². The van der Waals surface area contributed by atoms with Gasteiger partial charge in [-0.25, -0.2) is 0 Å². The van der Waals surface area contributed by atoms with E-state index in [2.05, 4.69) is 5.32 Å². The number of carbonyl (C=O) groups is 1. The Labute approximate surface area is 143 Å². The van der Waals surface area contributed by atoms with Gasteiger partial charge in [0, 0.05) is 17.3 Å². The average molecular weight is 357 g/mol. The predicted molar refractivity (Wildman–Crippen MR) is 87.9 cm³/mol. The number of carbonyl (C=O) groups excluding carboxylic acids is 1. The molecule has 128 valence electrons. The molecule has 0 saturated heterocycles. The number of alkyl halides is 3. The van der Waals surface area contributed by atoms with Crippen molar-refractivity contribution in [3.63, 3.8) is 0 Å². The van der Waals surface area contributed by atoms with E-state index in [0.29, 0.717) is 22.8 Å². The molecule has 1 N–H and O–H groups in total. The molecule has 0 radical (unpaired) electrons. The topological polar surface area (TPSA) is 32.3 Å². The zero-order valence-corrected chi connectivity index (χ0v) is 13.7. The second-order valence-electron chi connectivity index (χ2n) is 5.43. The summed E-state index contributed by atoms with van der Waals surface area (Å²) in [5.74, 6) is -0.230.